The summed E-state index contributed by atoms with van der Waals surface area (Å²) in [6, 6.07) is 6.06. The summed E-state index contributed by atoms with van der Waals surface area (Å²) in [4.78, 5) is 41.8. The molecule has 0 aliphatic carbocycles. The van der Waals surface area contributed by atoms with E-state index in [-0.39, 0.29) is 17.7 Å². The number of carbonyl (C=O) groups excluding carboxylic acids is 2. The predicted molar refractivity (Wildman–Crippen MR) is 165 cm³/mol. The lowest BCUT2D eigenvalue weighted by Gasteiger charge is -2.52. The van der Waals surface area contributed by atoms with Crippen LogP contribution in [-0.2, 0) is 4.79 Å². The van der Waals surface area contributed by atoms with Gasteiger partial charge in [0.05, 0.1) is 16.2 Å². The molecule has 3 heterocycles. The molecule has 2 atom stereocenters. The third kappa shape index (κ3) is 7.39. The molecule has 2 saturated heterocycles. The highest BCUT2D eigenvalue weighted by molar-refractivity contribution is 6.42. The molecule has 1 N–H and O–H groups in total. The highest BCUT2D eigenvalue weighted by Gasteiger charge is 2.49. The third-order valence-electron chi connectivity index (χ3n) is 8.94. The smallest absolute Gasteiger partial charge is 0.273 e. The molecule has 1 aromatic carbocycles. The summed E-state index contributed by atoms with van der Waals surface area (Å²) >= 11 is 12.7. The number of nitrogens with one attached hydrogen (secondary N) is 1. The summed E-state index contributed by atoms with van der Waals surface area (Å²) in [5, 5.41) is 4.51. The molecule has 224 valence electrons. The summed E-state index contributed by atoms with van der Waals surface area (Å²) < 4.78 is 0. The van der Waals surface area contributed by atoms with Gasteiger partial charge in [-0.25, -0.2) is 4.98 Å². The van der Waals surface area contributed by atoms with Crippen LogP contribution in [0.2, 0.25) is 10.0 Å². The minimum absolute atomic E-state index is 0.0432. The van der Waals surface area contributed by atoms with Gasteiger partial charge >= 0.3 is 0 Å². The van der Waals surface area contributed by atoms with Crippen LogP contribution >= 0.6 is 23.2 Å². The summed E-state index contributed by atoms with van der Waals surface area (Å²) in [7, 11) is 1.81. The van der Waals surface area contributed by atoms with Crippen molar-refractivity contribution in [2.24, 2.45) is 0 Å². The lowest BCUT2D eigenvalue weighted by Crippen LogP contribution is -2.66. The molecule has 41 heavy (non-hydrogen) atoms. The van der Waals surface area contributed by atoms with Crippen molar-refractivity contribution in [3.05, 3.63) is 58.1 Å². The number of likely N-dealkylation sites (tertiary alicyclic amines) is 1. The fourth-order valence-electron chi connectivity index (χ4n) is 6.68. The Morgan fingerprint density at radius 2 is 1.88 bits per heavy atom. The maximum atomic E-state index is 14.1. The monoisotopic (exact) mass is 602 g/mol. The molecule has 0 saturated carbocycles. The maximum Gasteiger partial charge on any atom is 0.273 e. The molecule has 1 aromatic heterocycles. The highest BCUT2D eigenvalue weighted by Crippen LogP contribution is 2.38. The zero-order valence-electron chi connectivity index (χ0n) is 24.6. The van der Waals surface area contributed by atoms with E-state index in [4.69, 9.17) is 23.2 Å². The van der Waals surface area contributed by atoms with Crippen molar-refractivity contribution < 1.29 is 9.59 Å². The molecule has 10 heteroatoms. The van der Waals surface area contributed by atoms with Gasteiger partial charge in [0.1, 0.15) is 11.2 Å². The maximum absolute atomic E-state index is 14.1. The van der Waals surface area contributed by atoms with E-state index in [1.54, 1.807) is 18.1 Å². The van der Waals surface area contributed by atoms with E-state index in [1.165, 1.54) is 12.4 Å². The molecule has 8 nitrogen and oxygen atoms in total. The average Bonchev–Trinajstić information content (AvgIpc) is 3.01. The molecule has 2 amide bonds. The Balaban J connectivity index is 1.58. The van der Waals surface area contributed by atoms with Gasteiger partial charge in [-0.3, -0.25) is 19.5 Å². The van der Waals surface area contributed by atoms with Crippen LogP contribution in [0, 0.1) is 0 Å². The first-order valence-corrected chi connectivity index (χ1v) is 15.8. The van der Waals surface area contributed by atoms with Gasteiger partial charge in [-0.05, 0) is 89.7 Å². The normalized spacial score (nSPS) is 19.9. The van der Waals surface area contributed by atoms with Gasteiger partial charge in [0.25, 0.3) is 5.91 Å². The van der Waals surface area contributed by atoms with Crippen molar-refractivity contribution in [3.63, 3.8) is 0 Å². The quantitative estimate of drug-likeness (QED) is 0.377. The minimum atomic E-state index is -0.458. The molecule has 0 spiro atoms. The first-order valence-electron chi connectivity index (χ1n) is 15.0. The second kappa shape index (κ2) is 14.8. The SMILES string of the molecule is CCN(CC)C(=O)C1(N2CCCCC2CCC(CN(C)C(=O)c2cnccn2)c2ccc(Cl)c(Cl)c2)CCNCC1. The van der Waals surface area contributed by atoms with Crippen LogP contribution < -0.4 is 5.32 Å². The van der Waals surface area contributed by atoms with E-state index < -0.39 is 5.54 Å². The van der Waals surface area contributed by atoms with Crippen LogP contribution in [0.3, 0.4) is 0 Å². The van der Waals surface area contributed by atoms with Gasteiger partial charge in [-0.1, -0.05) is 35.7 Å². The third-order valence-corrected chi connectivity index (χ3v) is 9.68. The van der Waals surface area contributed by atoms with Gasteiger partial charge in [-0.15, -0.1) is 0 Å². The van der Waals surface area contributed by atoms with Crippen molar-refractivity contribution in [2.75, 3.05) is 46.3 Å². The molecular weight excluding hydrogens is 559 g/mol. The van der Waals surface area contributed by atoms with Gasteiger partial charge in [0, 0.05) is 51.0 Å². The topological polar surface area (TPSA) is 81.7 Å². The fourth-order valence-corrected chi connectivity index (χ4v) is 6.98. The number of benzene rings is 1. The Morgan fingerprint density at radius 1 is 1.12 bits per heavy atom. The number of hydrogen-bond donors (Lipinski definition) is 1. The number of rotatable bonds is 11. The zero-order valence-corrected chi connectivity index (χ0v) is 26.1. The Morgan fingerprint density at radius 3 is 2.54 bits per heavy atom. The second-order valence-electron chi connectivity index (χ2n) is 11.3. The van der Waals surface area contributed by atoms with E-state index in [0.717, 1.165) is 83.2 Å². The fraction of sp³-hybridized carbons (Fsp3) is 0.613. The Hall–Kier alpha value is -2.26. The van der Waals surface area contributed by atoms with Crippen molar-refractivity contribution >= 4 is 35.0 Å². The number of hydrogen-bond acceptors (Lipinski definition) is 6. The number of amides is 2. The summed E-state index contributed by atoms with van der Waals surface area (Å²) in [6.07, 6.45) is 11.4. The van der Waals surface area contributed by atoms with Crippen LogP contribution in [-0.4, -0.2) is 94.4 Å². The molecule has 4 rings (SSSR count). The van der Waals surface area contributed by atoms with Gasteiger partial charge in [0.15, 0.2) is 0 Å². The summed E-state index contributed by atoms with van der Waals surface area (Å²) in [6.45, 7) is 8.78. The van der Waals surface area contributed by atoms with Crippen LogP contribution in [0.1, 0.15) is 80.8 Å². The molecule has 0 bridgehead atoms. The number of carbonyl (C=O) groups is 2. The largest absolute Gasteiger partial charge is 0.342 e. The number of piperidine rings is 2. The zero-order chi connectivity index (χ0) is 29.4. The molecule has 0 radical (unpaired) electrons. The van der Waals surface area contributed by atoms with E-state index in [1.807, 2.05) is 23.1 Å². The van der Waals surface area contributed by atoms with Gasteiger partial charge in [-0.2, -0.15) is 0 Å². The molecule has 2 aliphatic rings. The van der Waals surface area contributed by atoms with E-state index >= 15 is 0 Å². The van der Waals surface area contributed by atoms with Crippen molar-refractivity contribution in [1.29, 1.82) is 0 Å². The van der Waals surface area contributed by atoms with Crippen molar-refractivity contribution in [3.8, 4) is 0 Å². The molecular formula is C31H44Cl2N6O2. The van der Waals surface area contributed by atoms with Crippen molar-refractivity contribution in [2.45, 2.75) is 76.3 Å². The van der Waals surface area contributed by atoms with Crippen LogP contribution in [0.5, 0.6) is 0 Å². The Labute approximate surface area is 254 Å². The van der Waals surface area contributed by atoms with E-state index in [2.05, 4.69) is 34.0 Å². The Kier molecular flexibility index (Phi) is 11.4. The lowest BCUT2D eigenvalue weighted by atomic mass is 9.80. The van der Waals surface area contributed by atoms with Gasteiger partial charge < -0.3 is 15.1 Å². The summed E-state index contributed by atoms with van der Waals surface area (Å²) in [5.41, 5.74) is 0.917. The summed E-state index contributed by atoms with van der Waals surface area (Å²) in [5.74, 6) is 0.161. The standard InChI is InChI=1S/C31H44Cl2N6O2/c1-4-38(5-2)30(41)31(13-15-34-16-14-31)39-19-7-6-8-25(39)11-9-24(23-10-12-26(32)27(33)20-23)22-37(3)29(40)28-21-35-17-18-36-28/h10,12,17-18,20-21,24-25,34H,4-9,11,13-16,19,22H2,1-3H3. The first kappa shape index (κ1) is 31.7. The average molecular weight is 604 g/mol. The van der Waals surface area contributed by atoms with Gasteiger partial charge in [0.2, 0.25) is 5.91 Å². The van der Waals surface area contributed by atoms with E-state index in [0.29, 0.717) is 28.3 Å². The number of nitrogens with zero attached hydrogens (tertiary/aromatic N) is 5. The lowest BCUT2D eigenvalue weighted by molar-refractivity contribution is -0.150. The first-order chi connectivity index (χ1) is 19.8. The van der Waals surface area contributed by atoms with Crippen LogP contribution in [0.15, 0.2) is 36.8 Å². The van der Waals surface area contributed by atoms with Crippen LogP contribution in [0.25, 0.3) is 0 Å². The molecule has 2 fully saturated rings. The van der Waals surface area contributed by atoms with E-state index in [9.17, 15) is 9.59 Å². The molecule has 2 aromatic rings. The second-order valence-corrected chi connectivity index (χ2v) is 12.1. The number of aromatic nitrogens is 2. The predicted octanol–water partition coefficient (Wildman–Crippen LogP) is 5.26. The molecule has 2 unspecified atom stereocenters. The highest BCUT2D eigenvalue weighted by atomic mass is 35.5. The number of halogens is 2. The van der Waals surface area contributed by atoms with Crippen LogP contribution in [0.4, 0.5) is 0 Å². The van der Waals surface area contributed by atoms with Crippen molar-refractivity contribution in [1.82, 2.24) is 30.0 Å². The molecule has 2 aliphatic heterocycles. The number of likely N-dealkylation sites (N-methyl/N-ethyl adjacent to an activating group) is 2. The minimum Gasteiger partial charge on any atom is -0.342 e. The Bertz CT molecular complexity index is 1160.